The minimum atomic E-state index is -1.11. The molecule has 110 valence electrons. The summed E-state index contributed by atoms with van der Waals surface area (Å²) in [6, 6.07) is 10.8. The Morgan fingerprint density at radius 1 is 0.952 bits per heavy atom. The van der Waals surface area contributed by atoms with Gasteiger partial charge in [0.2, 0.25) is 0 Å². The lowest BCUT2D eigenvalue weighted by Crippen LogP contribution is -2.00. The van der Waals surface area contributed by atoms with Gasteiger partial charge in [-0.15, -0.1) is 0 Å². The van der Waals surface area contributed by atoms with E-state index in [1.165, 1.54) is 18.2 Å². The molecule has 2 aromatic carbocycles. The minimum Gasteiger partial charge on any atom is -0.507 e. The van der Waals surface area contributed by atoms with E-state index in [0.29, 0.717) is 5.69 Å². The predicted molar refractivity (Wildman–Crippen MR) is 77.6 cm³/mol. The van der Waals surface area contributed by atoms with Gasteiger partial charge in [0.15, 0.2) is 0 Å². The number of para-hydroxylation sites is 1. The largest absolute Gasteiger partial charge is 0.507 e. The quantitative estimate of drug-likeness (QED) is 0.630. The summed E-state index contributed by atoms with van der Waals surface area (Å²) in [6.07, 6.45) is 0. The van der Waals surface area contributed by atoms with Crippen molar-refractivity contribution in [1.29, 1.82) is 0 Å². The number of carboxylic acid groups (broad SMARTS) is 2. The molecule has 2 rings (SSSR count). The molecule has 0 aromatic heterocycles. The number of nitrogen functional groups attached to an aromatic ring is 1. The van der Waals surface area contributed by atoms with Crippen molar-refractivity contribution >= 4 is 17.6 Å². The van der Waals surface area contributed by atoms with Crippen molar-refractivity contribution < 1.29 is 24.9 Å². The highest BCUT2D eigenvalue weighted by molar-refractivity contribution is 5.93. The lowest BCUT2D eigenvalue weighted by atomic mass is 10.1. The van der Waals surface area contributed by atoms with Gasteiger partial charge in [-0.25, -0.2) is 9.59 Å². The van der Waals surface area contributed by atoms with Crippen LogP contribution in [0.1, 0.15) is 26.3 Å². The number of hydrogen-bond donors (Lipinski definition) is 4. The Morgan fingerprint density at radius 3 is 1.95 bits per heavy atom. The van der Waals surface area contributed by atoms with Gasteiger partial charge >= 0.3 is 11.9 Å². The fourth-order valence-corrected chi connectivity index (χ4v) is 1.51. The van der Waals surface area contributed by atoms with E-state index < -0.39 is 11.9 Å². The molecule has 0 unspecified atom stereocenters. The van der Waals surface area contributed by atoms with Gasteiger partial charge in [0.25, 0.3) is 0 Å². The van der Waals surface area contributed by atoms with Gasteiger partial charge in [0, 0.05) is 5.69 Å². The van der Waals surface area contributed by atoms with E-state index in [4.69, 9.17) is 21.1 Å². The van der Waals surface area contributed by atoms with Crippen LogP contribution in [0, 0.1) is 6.92 Å². The number of anilines is 1. The average molecular weight is 289 g/mol. The number of aromatic carboxylic acids is 2. The molecule has 0 saturated heterocycles. The minimum absolute atomic E-state index is 0.0596. The number of carbonyl (C=O) groups is 2. The van der Waals surface area contributed by atoms with Crippen molar-refractivity contribution in [3.8, 4) is 5.75 Å². The number of aryl methyl sites for hydroxylation is 1. The molecule has 6 heteroatoms. The molecule has 5 N–H and O–H groups in total. The predicted octanol–water partition coefficient (Wildman–Crippen LogP) is 2.37. The third kappa shape index (κ3) is 4.54. The average Bonchev–Trinajstić information content (AvgIpc) is 2.39. The molecule has 6 nitrogen and oxygen atoms in total. The van der Waals surface area contributed by atoms with E-state index in [0.717, 1.165) is 5.56 Å². The smallest absolute Gasteiger partial charge is 0.339 e. The molecular formula is C15H15NO5. The second kappa shape index (κ2) is 6.95. The first-order chi connectivity index (χ1) is 9.82. The first-order valence-corrected chi connectivity index (χ1v) is 5.93. The first-order valence-electron chi connectivity index (χ1n) is 5.93. The Labute approximate surface area is 121 Å². The molecule has 0 spiro atoms. The van der Waals surface area contributed by atoms with Crippen LogP contribution >= 0.6 is 0 Å². The van der Waals surface area contributed by atoms with Gasteiger partial charge in [-0.2, -0.15) is 0 Å². The van der Waals surface area contributed by atoms with Crippen LogP contribution in [0.2, 0.25) is 0 Å². The van der Waals surface area contributed by atoms with E-state index in [1.807, 2.05) is 0 Å². The van der Waals surface area contributed by atoms with Crippen molar-refractivity contribution in [2.75, 3.05) is 5.73 Å². The molecule has 21 heavy (non-hydrogen) atoms. The molecule has 0 radical (unpaired) electrons. The summed E-state index contributed by atoms with van der Waals surface area (Å²) < 4.78 is 0. The van der Waals surface area contributed by atoms with E-state index in [9.17, 15) is 9.59 Å². The van der Waals surface area contributed by atoms with Gasteiger partial charge in [0.1, 0.15) is 11.3 Å². The van der Waals surface area contributed by atoms with Gasteiger partial charge < -0.3 is 21.1 Å². The highest BCUT2D eigenvalue weighted by Crippen LogP contribution is 2.17. The Kier molecular flexibility index (Phi) is 5.31. The van der Waals surface area contributed by atoms with Crippen LogP contribution in [-0.2, 0) is 0 Å². The summed E-state index contributed by atoms with van der Waals surface area (Å²) in [7, 11) is 0. The fourth-order valence-electron chi connectivity index (χ4n) is 1.51. The molecule has 0 saturated carbocycles. The fraction of sp³-hybridized carbons (Fsp3) is 0.0667. The Hall–Kier alpha value is -3.02. The normalized spacial score (nSPS) is 9.38. The summed E-state index contributed by atoms with van der Waals surface area (Å²) in [5, 5.41) is 26.1. The van der Waals surface area contributed by atoms with Crippen molar-refractivity contribution in [2.24, 2.45) is 0 Å². The van der Waals surface area contributed by atoms with Crippen molar-refractivity contribution in [2.45, 2.75) is 6.92 Å². The third-order valence-corrected chi connectivity index (χ3v) is 2.57. The monoisotopic (exact) mass is 289 g/mol. The van der Waals surface area contributed by atoms with Crippen molar-refractivity contribution in [3.63, 3.8) is 0 Å². The van der Waals surface area contributed by atoms with Crippen molar-refractivity contribution in [3.05, 3.63) is 59.2 Å². The molecule has 0 aliphatic rings. The van der Waals surface area contributed by atoms with E-state index in [-0.39, 0.29) is 16.9 Å². The summed E-state index contributed by atoms with van der Waals surface area (Å²) in [6.45, 7) is 1.78. The highest BCUT2D eigenvalue weighted by atomic mass is 16.4. The standard InChI is InChI=1S/C8H8O3.C7H7NO2/c1-5-2-3-6(8(10)11)7(9)4-5;8-6-4-2-1-3-5(6)7(9)10/h2-4,9H,1H3,(H,10,11);1-4H,8H2,(H,9,10). The summed E-state index contributed by atoms with van der Waals surface area (Å²) in [5.41, 5.74) is 6.58. The Morgan fingerprint density at radius 2 is 1.52 bits per heavy atom. The van der Waals surface area contributed by atoms with Crippen LogP contribution in [0.3, 0.4) is 0 Å². The number of aromatic hydroxyl groups is 1. The van der Waals surface area contributed by atoms with Crippen molar-refractivity contribution in [1.82, 2.24) is 0 Å². The number of hydrogen-bond acceptors (Lipinski definition) is 4. The summed E-state index contributed by atoms with van der Waals surface area (Å²) >= 11 is 0. The molecule has 0 amide bonds. The number of benzene rings is 2. The molecule has 0 aliphatic carbocycles. The Balaban J connectivity index is 0.000000211. The number of carboxylic acids is 2. The van der Waals surface area contributed by atoms with E-state index in [1.54, 1.807) is 31.2 Å². The van der Waals surface area contributed by atoms with Crippen LogP contribution in [-0.4, -0.2) is 27.3 Å². The number of rotatable bonds is 2. The van der Waals surface area contributed by atoms with Crippen LogP contribution in [0.15, 0.2) is 42.5 Å². The molecular weight excluding hydrogens is 274 g/mol. The second-order valence-electron chi connectivity index (χ2n) is 4.22. The third-order valence-electron chi connectivity index (χ3n) is 2.57. The molecule has 2 aromatic rings. The maximum Gasteiger partial charge on any atom is 0.339 e. The molecule has 0 fully saturated rings. The zero-order valence-electron chi connectivity index (χ0n) is 11.3. The summed E-state index contributed by atoms with van der Waals surface area (Å²) in [4.78, 5) is 20.7. The Bertz CT molecular complexity index is 667. The van der Waals surface area contributed by atoms with Crippen LogP contribution in [0.25, 0.3) is 0 Å². The number of phenols is 1. The maximum atomic E-state index is 10.4. The summed E-state index contributed by atoms with van der Waals surface area (Å²) in [5.74, 6) is -2.28. The topological polar surface area (TPSA) is 121 Å². The zero-order chi connectivity index (χ0) is 16.0. The zero-order valence-corrected chi connectivity index (χ0v) is 11.3. The lowest BCUT2D eigenvalue weighted by Gasteiger charge is -1.98. The van der Waals surface area contributed by atoms with Gasteiger partial charge in [0.05, 0.1) is 5.56 Å². The van der Waals surface area contributed by atoms with Crippen LogP contribution in [0.4, 0.5) is 5.69 Å². The molecule has 0 aliphatic heterocycles. The van der Waals surface area contributed by atoms with E-state index >= 15 is 0 Å². The van der Waals surface area contributed by atoms with Gasteiger partial charge in [-0.05, 0) is 36.8 Å². The number of nitrogens with two attached hydrogens (primary N) is 1. The van der Waals surface area contributed by atoms with E-state index in [2.05, 4.69) is 0 Å². The van der Waals surface area contributed by atoms with Crippen LogP contribution in [0.5, 0.6) is 5.75 Å². The SMILES string of the molecule is Cc1ccc(C(=O)O)c(O)c1.Nc1ccccc1C(=O)O. The molecule has 0 atom stereocenters. The highest BCUT2D eigenvalue weighted by Gasteiger charge is 2.07. The maximum absolute atomic E-state index is 10.4. The first kappa shape index (κ1) is 16.0. The molecule has 0 heterocycles. The lowest BCUT2D eigenvalue weighted by molar-refractivity contribution is 0.0684. The van der Waals surface area contributed by atoms with Crippen LogP contribution < -0.4 is 5.73 Å². The second-order valence-corrected chi connectivity index (χ2v) is 4.22. The molecule has 0 bridgehead atoms. The van der Waals surface area contributed by atoms with Gasteiger partial charge in [-0.3, -0.25) is 0 Å². The van der Waals surface area contributed by atoms with Gasteiger partial charge in [-0.1, -0.05) is 18.2 Å².